The maximum absolute atomic E-state index is 6.26. The minimum Gasteiger partial charge on any atom is -0.440 e. The first kappa shape index (κ1) is 20.2. The molecule has 2 aromatic carbocycles. The van der Waals surface area contributed by atoms with Crippen LogP contribution in [0.4, 0.5) is 0 Å². The predicted molar refractivity (Wildman–Crippen MR) is 121 cm³/mol. The fourth-order valence-electron chi connectivity index (χ4n) is 3.61. The van der Waals surface area contributed by atoms with Crippen LogP contribution in [0.1, 0.15) is 49.1 Å². The van der Waals surface area contributed by atoms with E-state index < -0.39 is 0 Å². The second-order valence-corrected chi connectivity index (χ2v) is 7.99. The van der Waals surface area contributed by atoms with Crippen molar-refractivity contribution in [3.8, 4) is 22.6 Å². The summed E-state index contributed by atoms with van der Waals surface area (Å²) >= 11 is 0. The van der Waals surface area contributed by atoms with Crippen molar-refractivity contribution in [2.24, 2.45) is 15.4 Å². The van der Waals surface area contributed by atoms with Crippen LogP contribution in [0.15, 0.2) is 68.4 Å². The van der Waals surface area contributed by atoms with E-state index in [1.165, 1.54) is 17.5 Å². The minimum absolute atomic E-state index is 0.680. The Morgan fingerprint density at radius 3 is 2.03 bits per heavy atom. The van der Waals surface area contributed by atoms with Crippen LogP contribution in [0, 0.1) is 13.8 Å². The van der Waals surface area contributed by atoms with Crippen LogP contribution in [0.3, 0.4) is 0 Å². The molecule has 0 spiro atoms. The molecule has 30 heavy (non-hydrogen) atoms. The van der Waals surface area contributed by atoms with E-state index in [0.29, 0.717) is 6.54 Å². The number of rotatable bonds is 9. The first-order chi connectivity index (χ1) is 14.7. The van der Waals surface area contributed by atoms with Crippen molar-refractivity contribution < 1.29 is 4.42 Å². The predicted octanol–water partition coefficient (Wildman–Crippen LogP) is 6.94. The van der Waals surface area contributed by atoms with Crippen LogP contribution in [-0.2, 0) is 6.42 Å². The van der Waals surface area contributed by atoms with Gasteiger partial charge in [0, 0.05) is 17.5 Å². The highest BCUT2D eigenvalue weighted by Gasteiger charge is 2.17. The van der Waals surface area contributed by atoms with Crippen molar-refractivity contribution in [1.82, 2.24) is 4.98 Å². The van der Waals surface area contributed by atoms with Gasteiger partial charge >= 0.3 is 0 Å². The van der Waals surface area contributed by atoms with Crippen LogP contribution in [0.2, 0.25) is 0 Å². The summed E-state index contributed by atoms with van der Waals surface area (Å²) in [6.07, 6.45) is 6.40. The lowest BCUT2D eigenvalue weighted by molar-refractivity contribution is 0.489. The van der Waals surface area contributed by atoms with E-state index in [9.17, 15) is 0 Å². The van der Waals surface area contributed by atoms with Crippen molar-refractivity contribution in [3.63, 3.8) is 0 Å². The van der Waals surface area contributed by atoms with Crippen LogP contribution in [0.5, 0.6) is 0 Å². The van der Waals surface area contributed by atoms with Gasteiger partial charge in [-0.05, 0) is 38.3 Å². The number of oxazole rings is 1. The minimum atomic E-state index is 0.680. The zero-order chi connectivity index (χ0) is 20.8. The Balaban J connectivity index is 1.42. The summed E-state index contributed by atoms with van der Waals surface area (Å²) in [5, 5.41) is 11.6. The number of unbranched alkanes of at least 4 members (excludes halogenated alkanes) is 3. The molecule has 0 bridgehead atoms. The van der Waals surface area contributed by atoms with Gasteiger partial charge in [-0.25, -0.2) is 4.98 Å². The fourth-order valence-corrected chi connectivity index (χ4v) is 3.61. The Morgan fingerprint density at radius 2 is 1.40 bits per heavy atom. The number of aryl methyl sites for hydroxylation is 3. The number of nitrogens with zero attached hydrogens (tertiary/aromatic N) is 4. The molecule has 0 radical (unpaired) electrons. The van der Waals surface area contributed by atoms with E-state index in [1.54, 1.807) is 0 Å². The lowest BCUT2D eigenvalue weighted by Crippen LogP contribution is -1.98. The van der Waals surface area contributed by atoms with E-state index in [1.807, 2.05) is 0 Å². The number of aromatic nitrogens is 1. The highest BCUT2D eigenvalue weighted by Crippen LogP contribution is 2.33. The summed E-state index contributed by atoms with van der Waals surface area (Å²) in [4.78, 5) is 4.88. The molecule has 1 aromatic heterocycles. The third kappa shape index (κ3) is 5.09. The van der Waals surface area contributed by atoms with Crippen molar-refractivity contribution in [3.05, 3.63) is 65.5 Å². The van der Waals surface area contributed by atoms with Gasteiger partial charge in [0.25, 0.3) is 0 Å². The molecule has 0 unspecified atom stereocenters. The molecule has 0 saturated carbocycles. The van der Waals surface area contributed by atoms with E-state index in [4.69, 9.17) is 9.40 Å². The standard InChI is InChI=1S/C25H28N4O/c1-18-9-13-20(14-10-18)24-25(21-15-11-19(2)12-16-21)30-23(27-24)8-6-4-3-5-7-22-17-26-29-28-22/h9-16H,3-8,17H2,1-2H3. The highest BCUT2D eigenvalue weighted by molar-refractivity contribution is 5.87. The zero-order valence-electron chi connectivity index (χ0n) is 17.8. The largest absolute Gasteiger partial charge is 0.440 e. The lowest BCUT2D eigenvalue weighted by Gasteiger charge is -2.03. The normalized spacial score (nSPS) is 13.1. The van der Waals surface area contributed by atoms with Gasteiger partial charge in [0.1, 0.15) is 12.2 Å². The summed E-state index contributed by atoms with van der Waals surface area (Å²) in [5.74, 6) is 1.68. The molecule has 0 aliphatic carbocycles. The van der Waals surface area contributed by atoms with E-state index in [0.717, 1.165) is 66.3 Å². The van der Waals surface area contributed by atoms with Gasteiger partial charge in [0.15, 0.2) is 11.7 Å². The van der Waals surface area contributed by atoms with Crippen molar-refractivity contribution >= 4 is 5.71 Å². The molecule has 154 valence electrons. The molecule has 4 rings (SSSR count). The molecule has 5 nitrogen and oxygen atoms in total. The average Bonchev–Trinajstić information content (AvgIpc) is 3.42. The Bertz CT molecular complexity index is 967. The Kier molecular flexibility index (Phi) is 6.47. The molecule has 1 aliphatic rings. The lowest BCUT2D eigenvalue weighted by atomic mass is 10.0. The van der Waals surface area contributed by atoms with Crippen molar-refractivity contribution in [1.29, 1.82) is 0 Å². The van der Waals surface area contributed by atoms with Crippen LogP contribution >= 0.6 is 0 Å². The summed E-state index contributed by atoms with van der Waals surface area (Å²) in [6, 6.07) is 17.0. The summed E-state index contributed by atoms with van der Waals surface area (Å²) in [5.41, 5.74) is 6.68. The topological polar surface area (TPSA) is 63.1 Å². The third-order valence-corrected chi connectivity index (χ3v) is 5.42. The van der Waals surface area contributed by atoms with Gasteiger partial charge in [-0.2, -0.15) is 5.11 Å². The molecule has 2 heterocycles. The van der Waals surface area contributed by atoms with Gasteiger partial charge in [0.2, 0.25) is 0 Å². The second kappa shape index (κ2) is 9.61. The second-order valence-electron chi connectivity index (χ2n) is 7.99. The third-order valence-electron chi connectivity index (χ3n) is 5.42. The highest BCUT2D eigenvalue weighted by atomic mass is 16.4. The molecule has 0 saturated heterocycles. The molecule has 0 N–H and O–H groups in total. The number of benzene rings is 2. The first-order valence-electron chi connectivity index (χ1n) is 10.7. The summed E-state index contributed by atoms with van der Waals surface area (Å²) in [6.45, 7) is 4.88. The van der Waals surface area contributed by atoms with Crippen molar-refractivity contribution in [2.75, 3.05) is 6.54 Å². The van der Waals surface area contributed by atoms with E-state index in [-0.39, 0.29) is 0 Å². The molecule has 0 atom stereocenters. The first-order valence-corrected chi connectivity index (χ1v) is 10.7. The molecule has 0 fully saturated rings. The van der Waals surface area contributed by atoms with Gasteiger partial charge in [-0.3, -0.25) is 0 Å². The monoisotopic (exact) mass is 400 g/mol. The van der Waals surface area contributed by atoms with Gasteiger partial charge < -0.3 is 4.42 Å². The molecular formula is C25H28N4O. The fraction of sp³-hybridized carbons (Fsp3) is 0.360. The maximum Gasteiger partial charge on any atom is 0.195 e. The molecular weight excluding hydrogens is 372 g/mol. The van der Waals surface area contributed by atoms with Crippen LogP contribution in [0.25, 0.3) is 22.6 Å². The molecule has 1 aliphatic heterocycles. The molecule has 5 heteroatoms. The van der Waals surface area contributed by atoms with E-state index in [2.05, 4.69) is 77.8 Å². The van der Waals surface area contributed by atoms with Gasteiger partial charge in [0.05, 0.1) is 5.71 Å². The number of hydrogen-bond donors (Lipinski definition) is 0. The zero-order valence-corrected chi connectivity index (χ0v) is 17.8. The Hall–Kier alpha value is -3.08. The SMILES string of the molecule is Cc1ccc(-c2nc(CCCCCCC3=NN=NC3)oc2-c2ccc(C)cc2)cc1. The molecule has 3 aromatic rings. The van der Waals surface area contributed by atoms with Crippen LogP contribution < -0.4 is 0 Å². The Morgan fingerprint density at radius 1 is 0.767 bits per heavy atom. The van der Waals surface area contributed by atoms with Crippen LogP contribution in [-0.4, -0.2) is 17.2 Å². The summed E-state index contributed by atoms with van der Waals surface area (Å²) < 4.78 is 6.26. The van der Waals surface area contributed by atoms with E-state index >= 15 is 0 Å². The molecule has 0 amide bonds. The van der Waals surface area contributed by atoms with Crippen molar-refractivity contribution in [2.45, 2.75) is 52.4 Å². The smallest absolute Gasteiger partial charge is 0.195 e. The quantitative estimate of drug-likeness (QED) is 0.365. The van der Waals surface area contributed by atoms with Gasteiger partial charge in [-0.15, -0.1) is 5.10 Å². The average molecular weight is 401 g/mol. The Labute approximate surface area is 178 Å². The van der Waals surface area contributed by atoms with Gasteiger partial charge in [-0.1, -0.05) is 72.5 Å². The maximum atomic E-state index is 6.26. The number of hydrogen-bond acceptors (Lipinski definition) is 5. The summed E-state index contributed by atoms with van der Waals surface area (Å²) in [7, 11) is 0.